The Labute approximate surface area is 135 Å². The summed E-state index contributed by atoms with van der Waals surface area (Å²) in [5, 5.41) is 13.5. The van der Waals surface area contributed by atoms with E-state index in [1.54, 1.807) is 18.2 Å². The molecule has 1 unspecified atom stereocenters. The zero-order chi connectivity index (χ0) is 15.8. The summed E-state index contributed by atoms with van der Waals surface area (Å²) in [5.74, 6) is 0.282. The van der Waals surface area contributed by atoms with Crippen LogP contribution in [0.1, 0.15) is 31.9 Å². The average Bonchev–Trinajstić information content (AvgIpc) is 2.40. The molecular weight excluding hydrogens is 313 g/mol. The minimum Gasteiger partial charge on any atom is -0.387 e. The zero-order valence-corrected chi connectivity index (χ0v) is 13.7. The Morgan fingerprint density at radius 3 is 2.71 bits per heavy atom. The topological polar surface area (TPSA) is 58.6 Å². The van der Waals surface area contributed by atoms with E-state index < -0.39 is 6.10 Å². The number of carbonyl (C=O) groups is 1. The van der Waals surface area contributed by atoms with Gasteiger partial charge in [0, 0.05) is 35.2 Å². The summed E-state index contributed by atoms with van der Waals surface area (Å²) in [6.45, 7) is 5.21. The predicted octanol–water partition coefficient (Wildman–Crippen LogP) is 3.21. The fourth-order valence-corrected chi connectivity index (χ4v) is 2.20. The Morgan fingerprint density at radius 2 is 2.10 bits per heavy atom. The Balaban J connectivity index is 2.32. The van der Waals surface area contributed by atoms with Gasteiger partial charge >= 0.3 is 0 Å². The smallest absolute Gasteiger partial charge is 0.222 e. The van der Waals surface area contributed by atoms with Gasteiger partial charge in [0.15, 0.2) is 0 Å². The summed E-state index contributed by atoms with van der Waals surface area (Å²) in [7, 11) is 0. The summed E-state index contributed by atoms with van der Waals surface area (Å²) >= 11 is 11.8. The van der Waals surface area contributed by atoms with Gasteiger partial charge in [-0.3, -0.25) is 4.79 Å². The fraction of sp³-hybridized carbons (Fsp3) is 0.533. The van der Waals surface area contributed by atoms with Crippen molar-refractivity contribution in [3.63, 3.8) is 0 Å². The lowest BCUT2D eigenvalue weighted by Crippen LogP contribution is -2.29. The quantitative estimate of drug-likeness (QED) is 0.718. The van der Waals surface area contributed by atoms with Crippen LogP contribution in [0.2, 0.25) is 10.0 Å². The van der Waals surface area contributed by atoms with Gasteiger partial charge < -0.3 is 15.2 Å². The number of carbonyl (C=O) groups excluding carboxylic acids is 1. The van der Waals surface area contributed by atoms with E-state index in [0.29, 0.717) is 34.7 Å². The average molecular weight is 334 g/mol. The monoisotopic (exact) mass is 333 g/mol. The fourth-order valence-electron chi connectivity index (χ4n) is 1.66. The van der Waals surface area contributed by atoms with Crippen LogP contribution in [-0.4, -0.2) is 30.8 Å². The van der Waals surface area contributed by atoms with Gasteiger partial charge in [0.05, 0.1) is 12.7 Å². The van der Waals surface area contributed by atoms with Crippen molar-refractivity contribution in [3.05, 3.63) is 33.8 Å². The number of hydrogen-bond donors (Lipinski definition) is 2. The molecule has 0 aromatic heterocycles. The first-order valence-corrected chi connectivity index (χ1v) is 7.63. The van der Waals surface area contributed by atoms with Gasteiger partial charge in [-0.2, -0.15) is 0 Å². The third-order valence-corrected chi connectivity index (χ3v) is 3.30. The maximum atomic E-state index is 11.6. The molecule has 0 aliphatic rings. The van der Waals surface area contributed by atoms with Crippen molar-refractivity contribution in [2.75, 3.05) is 19.8 Å². The maximum Gasteiger partial charge on any atom is 0.222 e. The van der Waals surface area contributed by atoms with Crippen LogP contribution in [0.5, 0.6) is 0 Å². The molecule has 6 heteroatoms. The Bertz CT molecular complexity index is 466. The van der Waals surface area contributed by atoms with Gasteiger partial charge in [-0.25, -0.2) is 0 Å². The Hall–Kier alpha value is -0.810. The Kier molecular flexibility index (Phi) is 8.04. The van der Waals surface area contributed by atoms with Crippen LogP contribution in [0.3, 0.4) is 0 Å². The van der Waals surface area contributed by atoms with E-state index in [0.717, 1.165) is 0 Å². The van der Waals surface area contributed by atoms with Gasteiger partial charge in [-0.05, 0) is 18.1 Å². The van der Waals surface area contributed by atoms with Gasteiger partial charge in [0.25, 0.3) is 0 Å². The first-order valence-electron chi connectivity index (χ1n) is 6.87. The molecule has 1 amide bonds. The molecule has 0 saturated carbocycles. The van der Waals surface area contributed by atoms with Crippen LogP contribution < -0.4 is 5.32 Å². The molecule has 0 aliphatic heterocycles. The van der Waals surface area contributed by atoms with Crippen LogP contribution in [0, 0.1) is 5.92 Å². The largest absolute Gasteiger partial charge is 0.387 e. The number of ether oxygens (including phenoxy) is 1. The molecule has 0 bridgehead atoms. The number of nitrogens with one attached hydrogen (secondary N) is 1. The van der Waals surface area contributed by atoms with Crippen LogP contribution in [0.4, 0.5) is 0 Å². The van der Waals surface area contributed by atoms with Crippen molar-refractivity contribution < 1.29 is 14.6 Å². The lowest BCUT2D eigenvalue weighted by Gasteiger charge is -2.14. The summed E-state index contributed by atoms with van der Waals surface area (Å²) in [6.07, 6.45) is -0.594. The highest BCUT2D eigenvalue weighted by Gasteiger charge is 2.13. The van der Waals surface area contributed by atoms with E-state index in [2.05, 4.69) is 5.32 Å². The molecule has 1 atom stereocenters. The SMILES string of the molecule is CC(C)COCCC(=O)NCC(O)c1ccc(Cl)cc1Cl. The summed E-state index contributed by atoms with van der Waals surface area (Å²) in [4.78, 5) is 11.6. The van der Waals surface area contributed by atoms with E-state index in [4.69, 9.17) is 27.9 Å². The van der Waals surface area contributed by atoms with E-state index in [-0.39, 0.29) is 18.9 Å². The molecule has 0 fully saturated rings. The third-order valence-electron chi connectivity index (χ3n) is 2.74. The maximum absolute atomic E-state index is 11.6. The zero-order valence-electron chi connectivity index (χ0n) is 12.2. The molecule has 0 saturated heterocycles. The molecule has 1 rings (SSSR count). The lowest BCUT2D eigenvalue weighted by molar-refractivity contribution is -0.122. The molecule has 21 heavy (non-hydrogen) atoms. The second kappa shape index (κ2) is 9.26. The Morgan fingerprint density at radius 1 is 1.38 bits per heavy atom. The van der Waals surface area contributed by atoms with E-state index >= 15 is 0 Å². The number of benzene rings is 1. The number of aliphatic hydroxyl groups is 1. The minimum absolute atomic E-state index is 0.102. The number of amides is 1. The summed E-state index contributed by atoms with van der Waals surface area (Å²) in [6, 6.07) is 4.85. The van der Waals surface area contributed by atoms with Gasteiger partial charge in [0.2, 0.25) is 5.91 Å². The number of rotatable bonds is 8. The van der Waals surface area contributed by atoms with Crippen LogP contribution in [-0.2, 0) is 9.53 Å². The van der Waals surface area contributed by atoms with Crippen molar-refractivity contribution in [2.45, 2.75) is 26.4 Å². The summed E-state index contributed by atoms with van der Waals surface area (Å²) in [5.41, 5.74) is 0.539. The molecular formula is C15H21Cl2NO3. The van der Waals surface area contributed by atoms with Gasteiger partial charge in [-0.1, -0.05) is 43.1 Å². The standard InChI is InChI=1S/C15H21Cl2NO3/c1-10(2)9-21-6-5-15(20)18-8-14(19)12-4-3-11(16)7-13(12)17/h3-4,7,10,14,19H,5-6,8-9H2,1-2H3,(H,18,20). The molecule has 4 nitrogen and oxygen atoms in total. The first-order chi connectivity index (χ1) is 9.90. The molecule has 0 spiro atoms. The predicted molar refractivity (Wildman–Crippen MR) is 84.7 cm³/mol. The minimum atomic E-state index is -0.865. The summed E-state index contributed by atoms with van der Waals surface area (Å²) < 4.78 is 5.33. The number of aliphatic hydroxyl groups excluding tert-OH is 1. The second-order valence-electron chi connectivity index (χ2n) is 5.20. The van der Waals surface area contributed by atoms with Gasteiger partial charge in [-0.15, -0.1) is 0 Å². The molecule has 0 radical (unpaired) electrons. The number of halogens is 2. The molecule has 0 aliphatic carbocycles. The lowest BCUT2D eigenvalue weighted by atomic mass is 10.1. The highest BCUT2D eigenvalue weighted by molar-refractivity contribution is 6.35. The van der Waals surface area contributed by atoms with Crippen molar-refractivity contribution in [1.29, 1.82) is 0 Å². The number of hydrogen-bond acceptors (Lipinski definition) is 3. The molecule has 118 valence electrons. The normalized spacial score (nSPS) is 12.5. The second-order valence-corrected chi connectivity index (χ2v) is 6.05. The van der Waals surface area contributed by atoms with E-state index in [1.807, 2.05) is 13.8 Å². The van der Waals surface area contributed by atoms with Gasteiger partial charge in [0.1, 0.15) is 0 Å². The first kappa shape index (κ1) is 18.2. The van der Waals surface area contributed by atoms with Crippen LogP contribution in [0.15, 0.2) is 18.2 Å². The van der Waals surface area contributed by atoms with E-state index in [1.165, 1.54) is 0 Å². The van der Waals surface area contributed by atoms with Crippen molar-refractivity contribution in [3.8, 4) is 0 Å². The van der Waals surface area contributed by atoms with Crippen LogP contribution in [0.25, 0.3) is 0 Å². The van der Waals surface area contributed by atoms with E-state index in [9.17, 15) is 9.90 Å². The molecule has 1 aromatic rings. The van der Waals surface area contributed by atoms with Crippen LogP contribution >= 0.6 is 23.2 Å². The van der Waals surface area contributed by atoms with Crippen molar-refractivity contribution in [2.24, 2.45) is 5.92 Å². The molecule has 2 N–H and O–H groups in total. The highest BCUT2D eigenvalue weighted by Crippen LogP contribution is 2.25. The third kappa shape index (κ3) is 7.14. The molecule has 0 heterocycles. The molecule has 1 aromatic carbocycles. The highest BCUT2D eigenvalue weighted by atomic mass is 35.5. The van der Waals surface area contributed by atoms with Crippen molar-refractivity contribution in [1.82, 2.24) is 5.32 Å². The van der Waals surface area contributed by atoms with Crippen molar-refractivity contribution >= 4 is 29.1 Å².